The maximum Gasteiger partial charge on any atom is 0.270 e. The number of H-pyrrole nitrogens is 2. The molecule has 4 heterocycles. The third-order valence-electron chi connectivity index (χ3n) is 7.79. The first kappa shape index (κ1) is 24.6. The Morgan fingerprint density at radius 1 is 0.921 bits per heavy atom. The van der Waals surface area contributed by atoms with Crippen LogP contribution in [-0.2, 0) is 4.79 Å². The molecule has 2 aliphatic heterocycles. The summed E-state index contributed by atoms with van der Waals surface area (Å²) in [5.41, 5.74) is 2.11. The molecule has 3 N–H and O–H groups in total. The number of nitrogens with one attached hydrogen (secondary N) is 3. The first-order valence-corrected chi connectivity index (χ1v) is 13.3. The van der Waals surface area contributed by atoms with Gasteiger partial charge in [-0.3, -0.25) is 14.4 Å². The van der Waals surface area contributed by atoms with Crippen molar-refractivity contribution in [2.45, 2.75) is 45.3 Å². The standard InChI is InChI=1S/C29H30ClN5O3/c1-29(2,3)25(33-26(36)23-11-16-7-4-5-9-21(16)31-23)28(38)35-15-17-12-18(35)14-34(17)27(37)24-13-19-20(30)8-6-10-22(19)32-24/h4-11,13,17-18,25,31-32H,12,14-15H2,1-3H3,(H,33,36)/t17-,18-,25+/m0/s1. The number of hydrogen-bond acceptors (Lipinski definition) is 3. The van der Waals surface area contributed by atoms with Crippen molar-refractivity contribution in [3.05, 3.63) is 71.0 Å². The van der Waals surface area contributed by atoms with E-state index in [-0.39, 0.29) is 29.8 Å². The van der Waals surface area contributed by atoms with Gasteiger partial charge in [-0.25, -0.2) is 0 Å². The number of aromatic amines is 2. The Labute approximate surface area is 225 Å². The summed E-state index contributed by atoms with van der Waals surface area (Å²) in [6.07, 6.45) is 0.727. The largest absolute Gasteiger partial charge is 0.351 e. The zero-order valence-corrected chi connectivity index (χ0v) is 22.3. The summed E-state index contributed by atoms with van der Waals surface area (Å²) in [6.45, 7) is 6.76. The molecule has 9 heteroatoms. The number of halogens is 1. The normalized spacial score (nSPS) is 19.9. The number of piperazine rings is 1. The molecule has 8 nitrogen and oxygen atoms in total. The van der Waals surface area contributed by atoms with Gasteiger partial charge in [0.2, 0.25) is 5.91 Å². The highest BCUT2D eigenvalue weighted by atomic mass is 35.5. The number of aromatic nitrogens is 2. The number of hydrogen-bond donors (Lipinski definition) is 3. The fourth-order valence-electron chi connectivity index (χ4n) is 5.79. The highest BCUT2D eigenvalue weighted by Gasteiger charge is 2.50. The smallest absolute Gasteiger partial charge is 0.270 e. The van der Waals surface area contributed by atoms with Crippen molar-refractivity contribution in [2.24, 2.45) is 5.41 Å². The highest BCUT2D eigenvalue weighted by molar-refractivity contribution is 6.35. The summed E-state index contributed by atoms with van der Waals surface area (Å²) in [5, 5.41) is 5.35. The quantitative estimate of drug-likeness (QED) is 0.359. The van der Waals surface area contributed by atoms with E-state index in [1.807, 2.05) is 67.0 Å². The lowest BCUT2D eigenvalue weighted by atomic mass is 9.85. The van der Waals surface area contributed by atoms with Crippen molar-refractivity contribution in [1.29, 1.82) is 0 Å². The Hall–Kier alpha value is -3.78. The van der Waals surface area contributed by atoms with Crippen LogP contribution in [0.3, 0.4) is 0 Å². The lowest BCUT2D eigenvalue weighted by molar-refractivity contribution is -0.138. The number of nitrogens with zero attached hydrogens (tertiary/aromatic N) is 2. The molecule has 3 amide bonds. The number of para-hydroxylation sites is 1. The van der Waals surface area contributed by atoms with Crippen LogP contribution in [0, 0.1) is 5.41 Å². The van der Waals surface area contributed by atoms with Gasteiger partial charge in [0.05, 0.1) is 12.1 Å². The predicted molar refractivity (Wildman–Crippen MR) is 147 cm³/mol. The molecule has 0 saturated carbocycles. The van der Waals surface area contributed by atoms with Crippen molar-refractivity contribution < 1.29 is 14.4 Å². The maximum absolute atomic E-state index is 13.8. The fourth-order valence-corrected chi connectivity index (χ4v) is 6.02. The first-order valence-electron chi connectivity index (χ1n) is 12.9. The molecule has 2 saturated heterocycles. The van der Waals surface area contributed by atoms with Gasteiger partial charge >= 0.3 is 0 Å². The zero-order valence-electron chi connectivity index (χ0n) is 21.5. The second-order valence-corrected chi connectivity index (χ2v) is 11.8. The third-order valence-corrected chi connectivity index (χ3v) is 8.12. The third kappa shape index (κ3) is 4.13. The number of amides is 3. The van der Waals surface area contributed by atoms with E-state index in [1.54, 1.807) is 18.2 Å². The van der Waals surface area contributed by atoms with E-state index in [4.69, 9.17) is 11.6 Å². The van der Waals surface area contributed by atoms with Crippen molar-refractivity contribution in [1.82, 2.24) is 25.1 Å². The van der Waals surface area contributed by atoms with E-state index >= 15 is 0 Å². The van der Waals surface area contributed by atoms with E-state index in [0.717, 1.165) is 28.2 Å². The van der Waals surface area contributed by atoms with Crippen molar-refractivity contribution in [3.8, 4) is 0 Å². The van der Waals surface area contributed by atoms with Gasteiger partial charge in [-0.2, -0.15) is 0 Å². The molecule has 2 aliphatic rings. The van der Waals surface area contributed by atoms with Crippen LogP contribution in [0.5, 0.6) is 0 Å². The topological polar surface area (TPSA) is 101 Å². The average Bonchev–Trinajstić information content (AvgIpc) is 3.67. The van der Waals surface area contributed by atoms with Gasteiger partial charge in [-0.05, 0) is 42.2 Å². The molecule has 0 aliphatic carbocycles. The number of benzene rings is 2. The van der Waals surface area contributed by atoms with Gasteiger partial charge in [0, 0.05) is 39.9 Å². The molecule has 0 spiro atoms. The first-order chi connectivity index (χ1) is 18.1. The maximum atomic E-state index is 13.8. The van der Waals surface area contributed by atoms with E-state index in [9.17, 15) is 14.4 Å². The van der Waals surface area contributed by atoms with E-state index in [1.165, 1.54) is 0 Å². The second kappa shape index (κ2) is 8.91. The Morgan fingerprint density at radius 3 is 2.29 bits per heavy atom. The molecule has 2 aromatic carbocycles. The summed E-state index contributed by atoms with van der Waals surface area (Å²) in [4.78, 5) is 50.3. The van der Waals surface area contributed by atoms with Crippen LogP contribution < -0.4 is 5.32 Å². The van der Waals surface area contributed by atoms with Gasteiger partial charge in [0.15, 0.2) is 0 Å². The van der Waals surface area contributed by atoms with Crippen LogP contribution in [0.2, 0.25) is 5.02 Å². The number of rotatable bonds is 4. The summed E-state index contributed by atoms with van der Waals surface area (Å²) >= 11 is 6.29. The summed E-state index contributed by atoms with van der Waals surface area (Å²) in [5.74, 6) is -0.511. The lowest BCUT2D eigenvalue weighted by Crippen LogP contribution is -2.59. The molecule has 6 rings (SSSR count). The SMILES string of the molecule is CC(C)(C)[C@H](NC(=O)c1cc2ccccc2[nH]1)C(=O)N1C[C@@H]2C[C@H]1CN2C(=O)c1cc2c(Cl)cccc2[nH]1. The van der Waals surface area contributed by atoms with Gasteiger partial charge < -0.3 is 25.1 Å². The van der Waals surface area contributed by atoms with E-state index < -0.39 is 11.5 Å². The molecule has 3 atom stereocenters. The van der Waals surface area contributed by atoms with E-state index in [2.05, 4.69) is 15.3 Å². The van der Waals surface area contributed by atoms with Crippen LogP contribution in [0.4, 0.5) is 0 Å². The van der Waals surface area contributed by atoms with Gasteiger partial charge in [-0.1, -0.05) is 56.6 Å². The Kier molecular flexibility index (Phi) is 5.76. The molecule has 38 heavy (non-hydrogen) atoms. The van der Waals surface area contributed by atoms with Gasteiger partial charge in [0.1, 0.15) is 17.4 Å². The summed E-state index contributed by atoms with van der Waals surface area (Å²) < 4.78 is 0. The Bertz CT molecular complexity index is 1550. The molecule has 2 fully saturated rings. The number of fused-ring (bicyclic) bond motifs is 4. The van der Waals surface area contributed by atoms with Gasteiger partial charge in [-0.15, -0.1) is 0 Å². The molecule has 2 aromatic heterocycles. The summed E-state index contributed by atoms with van der Waals surface area (Å²) in [6, 6.07) is 16.0. The Balaban J connectivity index is 1.17. The predicted octanol–water partition coefficient (Wildman–Crippen LogP) is 4.57. The lowest BCUT2D eigenvalue weighted by Gasteiger charge is -2.39. The van der Waals surface area contributed by atoms with Crippen LogP contribution in [0.15, 0.2) is 54.6 Å². The van der Waals surface area contributed by atoms with Crippen LogP contribution in [-0.4, -0.2) is 68.7 Å². The molecule has 0 unspecified atom stereocenters. The second-order valence-electron chi connectivity index (χ2n) is 11.4. The minimum atomic E-state index is -0.708. The van der Waals surface area contributed by atoms with Crippen LogP contribution in [0.1, 0.15) is 48.2 Å². The Morgan fingerprint density at radius 2 is 1.61 bits per heavy atom. The van der Waals surface area contributed by atoms with Gasteiger partial charge in [0.25, 0.3) is 11.8 Å². The molecule has 196 valence electrons. The number of likely N-dealkylation sites (tertiary alicyclic amines) is 2. The minimum absolute atomic E-state index is 0.0663. The number of carbonyl (C=O) groups excluding carboxylic acids is 3. The van der Waals surface area contributed by atoms with Crippen LogP contribution in [0.25, 0.3) is 21.8 Å². The van der Waals surface area contributed by atoms with Crippen LogP contribution >= 0.6 is 11.6 Å². The minimum Gasteiger partial charge on any atom is -0.351 e. The summed E-state index contributed by atoms with van der Waals surface area (Å²) in [7, 11) is 0. The molecular formula is C29H30ClN5O3. The zero-order chi connectivity index (χ0) is 26.8. The molecular weight excluding hydrogens is 502 g/mol. The molecule has 0 radical (unpaired) electrons. The molecule has 4 aromatic rings. The van der Waals surface area contributed by atoms with Crippen molar-refractivity contribution in [2.75, 3.05) is 13.1 Å². The van der Waals surface area contributed by atoms with E-state index in [0.29, 0.717) is 29.5 Å². The monoisotopic (exact) mass is 531 g/mol. The average molecular weight is 532 g/mol. The van der Waals surface area contributed by atoms with Crippen molar-refractivity contribution in [3.63, 3.8) is 0 Å². The van der Waals surface area contributed by atoms with Crippen molar-refractivity contribution >= 4 is 51.1 Å². The number of carbonyl (C=O) groups is 3. The molecule has 2 bridgehead atoms. The highest BCUT2D eigenvalue weighted by Crippen LogP contribution is 2.35. The fraction of sp³-hybridized carbons (Fsp3) is 0.345.